The molecule has 12 rings (SSSR count). The van der Waals surface area contributed by atoms with E-state index in [9.17, 15) is 24.6 Å². The molecule has 7 heterocycles. The molecule has 20 nitrogen and oxygen atoms in total. The van der Waals surface area contributed by atoms with Gasteiger partial charge in [-0.05, 0) is 175 Å². The van der Waals surface area contributed by atoms with Gasteiger partial charge in [0, 0.05) is 97.7 Å². The fraction of sp³-hybridized carbons (Fsp3) is 0.371. The number of carboxylic acids is 1. The molecule has 22 heteroatoms. The number of anilines is 6. The van der Waals surface area contributed by atoms with Crippen LogP contribution in [0.25, 0.3) is 11.3 Å². The molecule has 4 aromatic heterocycles. The van der Waals surface area contributed by atoms with Crippen molar-refractivity contribution >= 4 is 87.0 Å². The topological polar surface area (TPSA) is 239 Å². The zero-order valence-corrected chi connectivity index (χ0v) is 49.2. The zero-order chi connectivity index (χ0) is 59.3. The molecule has 4 aliphatic rings. The monoisotopic (exact) mass is 1180 g/mol. The number of aromatic nitrogens is 6. The van der Waals surface area contributed by atoms with Crippen LogP contribution in [0.4, 0.5) is 39.4 Å². The quantitative estimate of drug-likeness (QED) is 0.0532. The van der Waals surface area contributed by atoms with Gasteiger partial charge in [-0.15, -0.1) is 10.2 Å². The Labute approximate surface area is 497 Å². The van der Waals surface area contributed by atoms with Gasteiger partial charge in [0.1, 0.15) is 5.60 Å². The number of carbonyl (C=O) groups excluding carboxylic acids is 2. The van der Waals surface area contributed by atoms with E-state index in [2.05, 4.69) is 46.2 Å². The van der Waals surface area contributed by atoms with Gasteiger partial charge in [0.15, 0.2) is 17.1 Å². The number of hydrogen-bond acceptors (Lipinski definition) is 16. The highest BCUT2D eigenvalue weighted by molar-refractivity contribution is 6.30. The number of nitrogens with one attached hydrogen (secondary N) is 4. The number of hydrogen-bond donors (Lipinski definition) is 7. The molecule has 7 N–H and O–H groups in total. The number of halogens is 2. The first-order valence-electron chi connectivity index (χ1n) is 28.3. The molecule has 1 amide bonds. The van der Waals surface area contributed by atoms with Crippen LogP contribution in [0.3, 0.4) is 0 Å². The van der Waals surface area contributed by atoms with E-state index in [-0.39, 0.29) is 23.4 Å². The molecular formula is C62H71Cl2N13O7. The number of carbonyl (C=O) groups is 3. The summed E-state index contributed by atoms with van der Waals surface area (Å²) in [6, 6.07) is 37.5. The molecule has 0 radical (unpaired) electrons. The van der Waals surface area contributed by atoms with Gasteiger partial charge in [0.05, 0.1) is 34.2 Å². The SMILES string of the molecule is CN(C(=O)OC(C)(C)C)C1CNC1.CNC1CC(C(=O)c2ccc(Nc3nc4c(N5CCC(O)(c6ccc(Cl)cc6)CC5)cccn4n3)cc2)C1.O=C(O)c1ccc(Nc2nc3c(N4CCC(O)(c5ccc(Cl)cc5)CC4)cccn3n2)cc1. The van der Waals surface area contributed by atoms with Crippen molar-refractivity contribution in [3.8, 4) is 0 Å². The molecule has 0 spiro atoms. The number of carboxylic acid groups (broad SMARTS) is 1. The summed E-state index contributed by atoms with van der Waals surface area (Å²) in [6.45, 7) is 10.1. The van der Waals surface area contributed by atoms with Gasteiger partial charge >= 0.3 is 12.1 Å². The second-order valence-corrected chi connectivity index (χ2v) is 23.7. The molecule has 3 aliphatic heterocycles. The molecule has 0 atom stereocenters. The largest absolute Gasteiger partial charge is 0.478 e. The lowest BCUT2D eigenvalue weighted by Gasteiger charge is -2.39. The van der Waals surface area contributed by atoms with Crippen LogP contribution in [0.15, 0.2) is 134 Å². The third-order valence-electron chi connectivity index (χ3n) is 16.0. The van der Waals surface area contributed by atoms with E-state index in [0.717, 1.165) is 65.3 Å². The first kappa shape index (κ1) is 59.3. The molecule has 440 valence electrons. The fourth-order valence-electron chi connectivity index (χ4n) is 10.7. The Kier molecular flexibility index (Phi) is 17.8. The normalized spacial score (nSPS) is 18.2. The number of rotatable bonds is 13. The van der Waals surface area contributed by atoms with Gasteiger partial charge in [-0.3, -0.25) is 4.79 Å². The number of benzene rings is 4. The molecule has 4 fully saturated rings. The number of fused-ring (bicyclic) bond motifs is 2. The number of aliphatic hydroxyl groups is 2. The minimum Gasteiger partial charge on any atom is -0.478 e. The summed E-state index contributed by atoms with van der Waals surface area (Å²) in [5.41, 5.74) is 5.49. The Bertz CT molecular complexity index is 3570. The lowest BCUT2D eigenvalue weighted by molar-refractivity contribution is 0.0114. The van der Waals surface area contributed by atoms with Crippen molar-refractivity contribution in [3.63, 3.8) is 0 Å². The average molecular weight is 1180 g/mol. The van der Waals surface area contributed by atoms with Crippen molar-refractivity contribution < 1.29 is 34.4 Å². The smallest absolute Gasteiger partial charge is 0.410 e. The standard InChI is InChI=1S/C29H31ClN6O2.C24H22ClN5O3.C9H18N2O2/c1-31-24-17-20(18-24)26(37)19-4-10-23(11-5-19)32-28-33-27-25(3-2-14-36(27)34-28)35-15-12-29(38,13-16-35)21-6-8-22(30)9-7-21;25-18-7-5-17(6-8-18)24(33)11-14-29(15-12-24)20-2-1-13-30-21(20)27-23(28-30)26-19-9-3-16(4-10-19)22(31)32;1-9(2,3)13-8(12)11(4)7-5-10-6-7/h2-11,14,20,24,31,38H,12-13,15-18H2,1H3,(H,32,34);1-10,13,33H,11-12,14-15H2,(H,26,28)(H,31,32);7,10H,5-6H2,1-4H3. The Balaban J connectivity index is 0.000000156. The third-order valence-corrected chi connectivity index (χ3v) is 16.5. The molecular weight excluding hydrogens is 1110 g/mol. The fourth-order valence-corrected chi connectivity index (χ4v) is 11.0. The first-order valence-corrected chi connectivity index (χ1v) is 29.0. The Morgan fingerprint density at radius 2 is 1.08 bits per heavy atom. The number of aromatic carboxylic acids is 1. The van der Waals surface area contributed by atoms with Gasteiger partial charge < -0.3 is 56.0 Å². The van der Waals surface area contributed by atoms with E-state index in [0.29, 0.717) is 97.2 Å². The van der Waals surface area contributed by atoms with Crippen molar-refractivity contribution in [2.45, 2.75) is 88.2 Å². The number of pyridine rings is 2. The minimum atomic E-state index is -0.971. The number of nitrogens with zero attached hydrogens (tertiary/aromatic N) is 9. The van der Waals surface area contributed by atoms with Crippen molar-refractivity contribution in [2.75, 3.05) is 73.8 Å². The summed E-state index contributed by atoms with van der Waals surface area (Å²) in [7, 11) is 3.72. The van der Waals surface area contributed by atoms with Crippen LogP contribution in [-0.4, -0.2) is 138 Å². The van der Waals surface area contributed by atoms with Crippen LogP contribution in [0, 0.1) is 5.92 Å². The van der Waals surface area contributed by atoms with Crippen LogP contribution >= 0.6 is 23.2 Å². The molecule has 4 aromatic carbocycles. The van der Waals surface area contributed by atoms with Gasteiger partial charge in [-0.2, -0.15) is 9.97 Å². The van der Waals surface area contributed by atoms with Crippen molar-refractivity contribution in [3.05, 3.63) is 166 Å². The van der Waals surface area contributed by atoms with Crippen molar-refractivity contribution in [1.82, 2.24) is 44.7 Å². The summed E-state index contributed by atoms with van der Waals surface area (Å²) < 4.78 is 8.70. The molecule has 0 unspecified atom stereocenters. The summed E-state index contributed by atoms with van der Waals surface area (Å²) >= 11 is 12.0. The maximum Gasteiger partial charge on any atom is 0.410 e. The average Bonchev–Trinajstić information content (AvgIpc) is 3.80. The molecule has 3 saturated heterocycles. The molecule has 1 aliphatic carbocycles. The van der Waals surface area contributed by atoms with Crippen LogP contribution in [0.5, 0.6) is 0 Å². The summed E-state index contributed by atoms with van der Waals surface area (Å²) in [6.07, 6.45) is 7.67. The molecule has 8 aromatic rings. The number of ketones is 1. The second kappa shape index (κ2) is 25.2. The van der Waals surface area contributed by atoms with Crippen LogP contribution in [0.1, 0.15) is 91.1 Å². The highest BCUT2D eigenvalue weighted by Crippen LogP contribution is 2.38. The van der Waals surface area contributed by atoms with Gasteiger partial charge in [-0.25, -0.2) is 18.6 Å². The van der Waals surface area contributed by atoms with E-state index < -0.39 is 22.8 Å². The highest BCUT2D eigenvalue weighted by atomic mass is 35.5. The van der Waals surface area contributed by atoms with E-state index in [1.165, 1.54) is 12.1 Å². The summed E-state index contributed by atoms with van der Waals surface area (Å²) in [5.74, 6) is 0.258. The number of ether oxygens (including phenoxy) is 1. The number of piperidine rings is 2. The first-order chi connectivity index (χ1) is 40.2. The zero-order valence-electron chi connectivity index (χ0n) is 47.7. The Morgan fingerprint density at radius 1 is 0.655 bits per heavy atom. The van der Waals surface area contributed by atoms with Crippen molar-refractivity contribution in [1.29, 1.82) is 0 Å². The Hall–Kier alpha value is -7.85. The van der Waals surface area contributed by atoms with E-state index >= 15 is 0 Å². The van der Waals surface area contributed by atoms with E-state index in [1.807, 2.05) is 137 Å². The predicted molar refractivity (Wildman–Crippen MR) is 327 cm³/mol. The van der Waals surface area contributed by atoms with E-state index in [1.54, 1.807) is 33.1 Å². The lowest BCUT2D eigenvalue weighted by atomic mass is 9.76. The molecule has 84 heavy (non-hydrogen) atoms. The van der Waals surface area contributed by atoms with Crippen LogP contribution < -0.4 is 31.1 Å². The highest BCUT2D eigenvalue weighted by Gasteiger charge is 2.37. The maximum absolute atomic E-state index is 12.7. The lowest BCUT2D eigenvalue weighted by Crippen LogP contribution is -2.58. The number of Topliss-reactive ketones (excluding diaryl/α,β-unsaturated/α-hetero) is 1. The van der Waals surface area contributed by atoms with Crippen LogP contribution in [0.2, 0.25) is 10.0 Å². The third kappa shape index (κ3) is 13.9. The number of amides is 1. The van der Waals surface area contributed by atoms with Crippen LogP contribution in [-0.2, 0) is 15.9 Å². The summed E-state index contributed by atoms with van der Waals surface area (Å²) in [4.78, 5) is 50.7. The van der Waals surface area contributed by atoms with Gasteiger partial charge in [0.2, 0.25) is 11.9 Å². The maximum atomic E-state index is 12.7. The van der Waals surface area contributed by atoms with Crippen molar-refractivity contribution in [2.24, 2.45) is 5.92 Å². The summed E-state index contributed by atoms with van der Waals surface area (Å²) in [5, 5.41) is 54.6. The minimum absolute atomic E-state index is 0.113. The number of likely N-dealkylation sites (N-methyl/N-ethyl adjacent to an activating group) is 1. The van der Waals surface area contributed by atoms with E-state index in [4.69, 9.17) is 38.0 Å². The second-order valence-electron chi connectivity index (χ2n) is 22.9. The molecule has 1 saturated carbocycles. The predicted octanol–water partition coefficient (Wildman–Crippen LogP) is 9.93. The Morgan fingerprint density at radius 3 is 1.46 bits per heavy atom. The van der Waals surface area contributed by atoms with Gasteiger partial charge in [-0.1, -0.05) is 47.5 Å². The molecule has 0 bridgehead atoms. The van der Waals surface area contributed by atoms with Gasteiger partial charge in [0.25, 0.3) is 0 Å².